The number of hydrogen-bond acceptors (Lipinski definition) is 1. The molecule has 0 unspecified atom stereocenters. The van der Waals surface area contributed by atoms with E-state index in [1.165, 1.54) is 23.3 Å². The van der Waals surface area contributed by atoms with Crippen LogP contribution in [0.1, 0.15) is 33.6 Å². The molecular formula is C16H22FN. The number of allylic oxidation sites excluding steroid dienone is 3. The molecule has 0 aromatic heterocycles. The van der Waals surface area contributed by atoms with Gasteiger partial charge in [0, 0.05) is 12.2 Å². The van der Waals surface area contributed by atoms with Gasteiger partial charge in [-0.3, -0.25) is 0 Å². The van der Waals surface area contributed by atoms with Crippen LogP contribution in [0.2, 0.25) is 0 Å². The Morgan fingerprint density at radius 1 is 1.22 bits per heavy atom. The van der Waals surface area contributed by atoms with Crippen LogP contribution in [0.5, 0.6) is 0 Å². The second-order valence-corrected chi connectivity index (χ2v) is 4.76. The fraction of sp³-hybridized carbons (Fsp3) is 0.375. The Bertz CT molecular complexity index is 428. The molecule has 18 heavy (non-hydrogen) atoms. The SMILES string of the molecule is CC(C)=CCC/C(C)=C/CNc1cccc(F)c1. The summed E-state index contributed by atoms with van der Waals surface area (Å²) < 4.78 is 12.9. The lowest BCUT2D eigenvalue weighted by Gasteiger charge is -2.04. The molecule has 2 heteroatoms. The molecule has 0 spiro atoms. The van der Waals surface area contributed by atoms with E-state index in [1.807, 2.05) is 6.07 Å². The van der Waals surface area contributed by atoms with E-state index in [4.69, 9.17) is 0 Å². The molecule has 0 aliphatic carbocycles. The first kappa shape index (κ1) is 14.5. The molecule has 0 saturated carbocycles. The monoisotopic (exact) mass is 247 g/mol. The first-order valence-electron chi connectivity index (χ1n) is 6.36. The van der Waals surface area contributed by atoms with E-state index in [2.05, 4.69) is 38.2 Å². The molecular weight excluding hydrogens is 225 g/mol. The highest BCUT2D eigenvalue weighted by molar-refractivity contribution is 5.43. The first-order chi connectivity index (χ1) is 8.58. The van der Waals surface area contributed by atoms with Crippen LogP contribution in [0.3, 0.4) is 0 Å². The molecule has 98 valence electrons. The zero-order valence-corrected chi connectivity index (χ0v) is 11.5. The van der Waals surface area contributed by atoms with Crippen LogP contribution >= 0.6 is 0 Å². The van der Waals surface area contributed by atoms with Crippen molar-refractivity contribution in [3.63, 3.8) is 0 Å². The minimum atomic E-state index is -0.204. The molecule has 0 saturated heterocycles. The summed E-state index contributed by atoms with van der Waals surface area (Å²) in [6, 6.07) is 6.54. The molecule has 0 radical (unpaired) electrons. The van der Waals surface area contributed by atoms with E-state index in [0.717, 1.165) is 25.1 Å². The largest absolute Gasteiger partial charge is 0.381 e. The van der Waals surface area contributed by atoms with Gasteiger partial charge >= 0.3 is 0 Å². The van der Waals surface area contributed by atoms with Gasteiger partial charge in [0.05, 0.1) is 0 Å². The third-order valence-corrected chi connectivity index (χ3v) is 2.67. The second-order valence-electron chi connectivity index (χ2n) is 4.76. The first-order valence-corrected chi connectivity index (χ1v) is 6.36. The number of nitrogens with one attached hydrogen (secondary N) is 1. The van der Waals surface area contributed by atoms with Gasteiger partial charge in [0.15, 0.2) is 0 Å². The fourth-order valence-electron chi connectivity index (χ4n) is 1.63. The van der Waals surface area contributed by atoms with Gasteiger partial charge in [-0.25, -0.2) is 4.39 Å². The molecule has 1 rings (SSSR count). The second kappa shape index (κ2) is 7.70. The molecule has 0 atom stereocenters. The Balaban J connectivity index is 2.33. The Morgan fingerprint density at radius 2 is 2.00 bits per heavy atom. The Kier molecular flexibility index (Phi) is 6.20. The van der Waals surface area contributed by atoms with Crippen LogP contribution in [-0.2, 0) is 0 Å². The van der Waals surface area contributed by atoms with Crippen LogP contribution in [0, 0.1) is 5.82 Å². The topological polar surface area (TPSA) is 12.0 Å². The summed E-state index contributed by atoms with van der Waals surface area (Å²) in [5.41, 5.74) is 3.54. The lowest BCUT2D eigenvalue weighted by atomic mass is 10.1. The average Bonchev–Trinajstić information content (AvgIpc) is 2.28. The van der Waals surface area contributed by atoms with Crippen LogP contribution in [0.4, 0.5) is 10.1 Å². The molecule has 0 bridgehead atoms. The molecule has 0 amide bonds. The number of anilines is 1. The fourth-order valence-corrected chi connectivity index (χ4v) is 1.63. The van der Waals surface area contributed by atoms with Crippen LogP contribution in [0.25, 0.3) is 0 Å². The van der Waals surface area contributed by atoms with Crippen LogP contribution in [-0.4, -0.2) is 6.54 Å². The predicted molar refractivity (Wildman–Crippen MR) is 77.3 cm³/mol. The highest BCUT2D eigenvalue weighted by Gasteiger charge is 1.93. The van der Waals surface area contributed by atoms with Crippen molar-refractivity contribution >= 4 is 5.69 Å². The maximum Gasteiger partial charge on any atom is 0.125 e. The molecule has 0 heterocycles. The van der Waals surface area contributed by atoms with Gasteiger partial charge in [-0.1, -0.05) is 29.4 Å². The van der Waals surface area contributed by atoms with Crippen LogP contribution in [0.15, 0.2) is 47.6 Å². The van der Waals surface area contributed by atoms with Crippen molar-refractivity contribution in [1.82, 2.24) is 0 Å². The third kappa shape index (κ3) is 6.24. The summed E-state index contributed by atoms with van der Waals surface area (Å²) in [6.07, 6.45) is 6.57. The van der Waals surface area contributed by atoms with Crippen molar-refractivity contribution in [3.8, 4) is 0 Å². The van der Waals surface area contributed by atoms with Crippen molar-refractivity contribution < 1.29 is 4.39 Å². The Hall–Kier alpha value is -1.57. The lowest BCUT2D eigenvalue weighted by Crippen LogP contribution is -1.99. The molecule has 0 fully saturated rings. The number of benzene rings is 1. The highest BCUT2D eigenvalue weighted by atomic mass is 19.1. The van der Waals surface area contributed by atoms with E-state index in [0.29, 0.717) is 0 Å². The average molecular weight is 247 g/mol. The summed E-state index contributed by atoms with van der Waals surface area (Å²) in [5.74, 6) is -0.204. The van der Waals surface area contributed by atoms with Gasteiger partial charge in [-0.2, -0.15) is 0 Å². The zero-order valence-electron chi connectivity index (χ0n) is 11.5. The van der Waals surface area contributed by atoms with E-state index in [1.54, 1.807) is 6.07 Å². The third-order valence-electron chi connectivity index (χ3n) is 2.67. The van der Waals surface area contributed by atoms with Crippen molar-refractivity contribution in [1.29, 1.82) is 0 Å². The van der Waals surface area contributed by atoms with E-state index in [-0.39, 0.29) is 5.82 Å². The standard InChI is InChI=1S/C16H22FN/c1-13(2)6-4-7-14(3)10-11-18-16-9-5-8-15(17)12-16/h5-6,8-10,12,18H,4,7,11H2,1-3H3/b14-10+. The van der Waals surface area contributed by atoms with Gasteiger partial charge in [-0.15, -0.1) is 0 Å². The summed E-state index contributed by atoms with van der Waals surface area (Å²) in [4.78, 5) is 0. The highest BCUT2D eigenvalue weighted by Crippen LogP contribution is 2.10. The van der Waals surface area contributed by atoms with Crippen molar-refractivity contribution in [2.24, 2.45) is 0 Å². The summed E-state index contributed by atoms with van der Waals surface area (Å²) in [7, 11) is 0. The predicted octanol–water partition coefficient (Wildman–Crippen LogP) is 4.93. The van der Waals surface area contributed by atoms with E-state index >= 15 is 0 Å². The number of rotatable bonds is 6. The lowest BCUT2D eigenvalue weighted by molar-refractivity contribution is 0.628. The number of hydrogen-bond donors (Lipinski definition) is 1. The van der Waals surface area contributed by atoms with E-state index in [9.17, 15) is 4.39 Å². The van der Waals surface area contributed by atoms with Crippen molar-refractivity contribution in [3.05, 3.63) is 53.4 Å². The molecule has 1 nitrogen and oxygen atoms in total. The van der Waals surface area contributed by atoms with Gasteiger partial charge in [0.2, 0.25) is 0 Å². The summed E-state index contributed by atoms with van der Waals surface area (Å²) in [5, 5.41) is 3.18. The molecule has 0 aliphatic rings. The normalized spacial score (nSPS) is 11.2. The Morgan fingerprint density at radius 3 is 2.67 bits per heavy atom. The maximum atomic E-state index is 12.9. The van der Waals surface area contributed by atoms with Gasteiger partial charge < -0.3 is 5.32 Å². The molecule has 1 aromatic carbocycles. The van der Waals surface area contributed by atoms with Gasteiger partial charge in [0.25, 0.3) is 0 Å². The van der Waals surface area contributed by atoms with Crippen molar-refractivity contribution in [2.75, 3.05) is 11.9 Å². The summed E-state index contributed by atoms with van der Waals surface area (Å²) >= 11 is 0. The van der Waals surface area contributed by atoms with Crippen molar-refractivity contribution in [2.45, 2.75) is 33.6 Å². The van der Waals surface area contributed by atoms with E-state index < -0.39 is 0 Å². The molecule has 1 aromatic rings. The molecule has 1 N–H and O–H groups in total. The minimum Gasteiger partial charge on any atom is -0.381 e. The quantitative estimate of drug-likeness (QED) is 0.703. The minimum absolute atomic E-state index is 0.204. The maximum absolute atomic E-state index is 12.9. The number of halogens is 1. The van der Waals surface area contributed by atoms with Gasteiger partial charge in [0.1, 0.15) is 5.82 Å². The summed E-state index contributed by atoms with van der Waals surface area (Å²) in [6.45, 7) is 7.10. The Labute approximate surface area is 109 Å². The smallest absolute Gasteiger partial charge is 0.125 e. The van der Waals surface area contributed by atoms with Gasteiger partial charge in [-0.05, 0) is 51.8 Å². The van der Waals surface area contributed by atoms with Crippen LogP contribution < -0.4 is 5.32 Å². The molecule has 0 aliphatic heterocycles. The zero-order chi connectivity index (χ0) is 13.4.